The van der Waals surface area contributed by atoms with Crippen molar-refractivity contribution in [3.8, 4) is 5.88 Å². The first-order chi connectivity index (χ1) is 12.3. The van der Waals surface area contributed by atoms with E-state index in [1.54, 1.807) is 7.11 Å². The lowest BCUT2D eigenvalue weighted by molar-refractivity contribution is 0.147. The molecule has 1 aliphatic heterocycles. The van der Waals surface area contributed by atoms with Crippen LogP contribution in [0.4, 0.5) is 0 Å². The Morgan fingerprint density at radius 3 is 2.88 bits per heavy atom. The summed E-state index contributed by atoms with van der Waals surface area (Å²) in [7, 11) is 1.63. The number of nitrogens with one attached hydrogen (secondary N) is 2. The minimum atomic E-state index is 0. The predicted octanol–water partition coefficient (Wildman–Crippen LogP) is 3.03. The molecule has 0 radical (unpaired) electrons. The molecular formula is C19H34IN5O. The molecule has 7 heteroatoms. The van der Waals surface area contributed by atoms with Crippen LogP contribution in [0.5, 0.6) is 5.88 Å². The standard InChI is InChI=1S/C19H33N5O.HI/c1-4-17-10-6-7-13-24(17)14-12-21-19(20-5-2)22-15-16-9-8-11-18(23-16)25-3;/h8-9,11,17H,4-7,10,12-15H2,1-3H3,(H2,20,21,22);1H. The van der Waals surface area contributed by atoms with Crippen LogP contribution in [0.3, 0.4) is 0 Å². The molecular weight excluding hydrogens is 441 g/mol. The molecule has 1 unspecified atom stereocenters. The number of aromatic nitrogens is 1. The van der Waals surface area contributed by atoms with Gasteiger partial charge < -0.3 is 15.4 Å². The smallest absolute Gasteiger partial charge is 0.213 e. The van der Waals surface area contributed by atoms with Crippen LogP contribution < -0.4 is 15.4 Å². The number of halogens is 1. The molecule has 2 rings (SSSR count). The highest BCUT2D eigenvalue weighted by Crippen LogP contribution is 2.18. The highest BCUT2D eigenvalue weighted by Gasteiger charge is 2.19. The minimum absolute atomic E-state index is 0. The molecule has 26 heavy (non-hydrogen) atoms. The first-order valence-corrected chi connectivity index (χ1v) is 9.53. The van der Waals surface area contributed by atoms with E-state index >= 15 is 0 Å². The Hall–Kier alpha value is -1.09. The lowest BCUT2D eigenvalue weighted by Crippen LogP contribution is -2.45. The predicted molar refractivity (Wildman–Crippen MR) is 119 cm³/mol. The zero-order valence-corrected chi connectivity index (χ0v) is 18.7. The van der Waals surface area contributed by atoms with Crippen LogP contribution in [-0.2, 0) is 6.54 Å². The maximum atomic E-state index is 5.17. The van der Waals surface area contributed by atoms with Crippen molar-refractivity contribution in [2.24, 2.45) is 4.99 Å². The Morgan fingerprint density at radius 1 is 1.31 bits per heavy atom. The van der Waals surface area contributed by atoms with Gasteiger partial charge in [0.25, 0.3) is 0 Å². The molecule has 6 nitrogen and oxygen atoms in total. The third kappa shape index (κ3) is 7.65. The van der Waals surface area contributed by atoms with E-state index in [-0.39, 0.29) is 24.0 Å². The number of ether oxygens (including phenoxy) is 1. The zero-order chi connectivity index (χ0) is 17.9. The van der Waals surface area contributed by atoms with E-state index in [2.05, 4.69) is 39.4 Å². The number of likely N-dealkylation sites (tertiary alicyclic amines) is 1. The number of piperidine rings is 1. The summed E-state index contributed by atoms with van der Waals surface area (Å²) in [5.74, 6) is 1.47. The molecule has 0 aliphatic carbocycles. The van der Waals surface area contributed by atoms with Gasteiger partial charge >= 0.3 is 0 Å². The summed E-state index contributed by atoms with van der Waals surface area (Å²) >= 11 is 0. The van der Waals surface area contributed by atoms with Crippen molar-refractivity contribution in [3.05, 3.63) is 23.9 Å². The summed E-state index contributed by atoms with van der Waals surface area (Å²) in [6.07, 6.45) is 5.29. The van der Waals surface area contributed by atoms with Gasteiger partial charge in [-0.2, -0.15) is 0 Å². The molecule has 1 aromatic heterocycles. The van der Waals surface area contributed by atoms with Crippen LogP contribution in [0.15, 0.2) is 23.2 Å². The third-order valence-electron chi connectivity index (χ3n) is 4.65. The highest BCUT2D eigenvalue weighted by atomic mass is 127. The molecule has 0 bridgehead atoms. The normalized spacial score (nSPS) is 18.1. The van der Waals surface area contributed by atoms with Crippen LogP contribution in [0.1, 0.15) is 45.2 Å². The van der Waals surface area contributed by atoms with Gasteiger partial charge in [-0.1, -0.05) is 19.4 Å². The van der Waals surface area contributed by atoms with E-state index in [4.69, 9.17) is 4.74 Å². The average molecular weight is 475 g/mol. The van der Waals surface area contributed by atoms with E-state index in [0.717, 1.165) is 37.3 Å². The van der Waals surface area contributed by atoms with Gasteiger partial charge in [-0.3, -0.25) is 4.90 Å². The lowest BCUT2D eigenvalue weighted by Gasteiger charge is -2.35. The highest BCUT2D eigenvalue weighted by molar-refractivity contribution is 14.0. The number of hydrogen-bond donors (Lipinski definition) is 2. The van der Waals surface area contributed by atoms with Crippen molar-refractivity contribution in [1.29, 1.82) is 0 Å². The fraction of sp³-hybridized carbons (Fsp3) is 0.684. The summed E-state index contributed by atoms with van der Waals surface area (Å²) < 4.78 is 5.17. The van der Waals surface area contributed by atoms with Gasteiger partial charge in [0.1, 0.15) is 0 Å². The van der Waals surface area contributed by atoms with Crippen molar-refractivity contribution in [2.45, 2.75) is 52.1 Å². The van der Waals surface area contributed by atoms with E-state index in [0.29, 0.717) is 12.4 Å². The molecule has 2 N–H and O–H groups in total. The van der Waals surface area contributed by atoms with Gasteiger partial charge in [0.05, 0.1) is 19.3 Å². The number of aliphatic imine (C=N–C) groups is 1. The van der Waals surface area contributed by atoms with Crippen molar-refractivity contribution in [2.75, 3.05) is 33.3 Å². The number of nitrogens with zero attached hydrogens (tertiary/aromatic N) is 3. The third-order valence-corrected chi connectivity index (χ3v) is 4.65. The van der Waals surface area contributed by atoms with Crippen molar-refractivity contribution < 1.29 is 4.74 Å². The van der Waals surface area contributed by atoms with Gasteiger partial charge in [0.2, 0.25) is 5.88 Å². The van der Waals surface area contributed by atoms with E-state index in [9.17, 15) is 0 Å². The second kappa shape index (κ2) is 13.1. The number of hydrogen-bond acceptors (Lipinski definition) is 4. The Morgan fingerprint density at radius 2 is 2.15 bits per heavy atom. The number of guanidine groups is 1. The molecule has 0 aromatic carbocycles. The molecule has 1 fully saturated rings. The van der Waals surface area contributed by atoms with Crippen molar-refractivity contribution in [3.63, 3.8) is 0 Å². The molecule has 1 saturated heterocycles. The minimum Gasteiger partial charge on any atom is -0.481 e. The van der Waals surface area contributed by atoms with Crippen LogP contribution in [0.25, 0.3) is 0 Å². The number of rotatable bonds is 8. The van der Waals surface area contributed by atoms with Gasteiger partial charge in [-0.15, -0.1) is 24.0 Å². The summed E-state index contributed by atoms with van der Waals surface area (Å²) in [5, 5.41) is 6.76. The summed E-state index contributed by atoms with van der Waals surface area (Å²) in [4.78, 5) is 11.7. The van der Waals surface area contributed by atoms with Crippen LogP contribution in [-0.4, -0.2) is 55.2 Å². The average Bonchev–Trinajstić information content (AvgIpc) is 2.66. The van der Waals surface area contributed by atoms with Gasteiger partial charge in [-0.05, 0) is 38.8 Å². The summed E-state index contributed by atoms with van der Waals surface area (Å²) in [5.41, 5.74) is 0.902. The molecule has 1 aromatic rings. The van der Waals surface area contributed by atoms with Crippen LogP contribution in [0.2, 0.25) is 0 Å². The van der Waals surface area contributed by atoms with Crippen LogP contribution >= 0.6 is 24.0 Å². The molecule has 2 heterocycles. The quantitative estimate of drug-likeness (QED) is 0.344. The Bertz CT molecular complexity index is 540. The second-order valence-corrected chi connectivity index (χ2v) is 6.39. The maximum absolute atomic E-state index is 5.17. The number of pyridine rings is 1. The monoisotopic (exact) mass is 475 g/mol. The van der Waals surface area contributed by atoms with Gasteiger partial charge in [-0.25, -0.2) is 9.98 Å². The zero-order valence-electron chi connectivity index (χ0n) is 16.3. The maximum Gasteiger partial charge on any atom is 0.213 e. The van der Waals surface area contributed by atoms with Crippen molar-refractivity contribution in [1.82, 2.24) is 20.5 Å². The second-order valence-electron chi connectivity index (χ2n) is 6.39. The fourth-order valence-electron chi connectivity index (χ4n) is 3.30. The summed E-state index contributed by atoms with van der Waals surface area (Å²) in [6, 6.07) is 6.50. The van der Waals surface area contributed by atoms with Crippen molar-refractivity contribution >= 4 is 29.9 Å². The van der Waals surface area contributed by atoms with Gasteiger partial charge in [0, 0.05) is 31.7 Å². The molecule has 0 saturated carbocycles. The Kier molecular flexibility index (Phi) is 11.6. The molecule has 1 aliphatic rings. The van der Waals surface area contributed by atoms with E-state index in [1.807, 2.05) is 18.2 Å². The lowest BCUT2D eigenvalue weighted by atomic mass is 10.0. The fourth-order valence-corrected chi connectivity index (χ4v) is 3.30. The van der Waals surface area contributed by atoms with E-state index < -0.39 is 0 Å². The van der Waals surface area contributed by atoms with Gasteiger partial charge in [0.15, 0.2) is 5.96 Å². The molecule has 0 amide bonds. The largest absolute Gasteiger partial charge is 0.481 e. The Balaban J connectivity index is 0.00000338. The molecule has 1 atom stereocenters. The first-order valence-electron chi connectivity index (χ1n) is 9.53. The first kappa shape index (κ1) is 23.0. The summed E-state index contributed by atoms with van der Waals surface area (Å²) in [6.45, 7) is 8.96. The molecule has 148 valence electrons. The number of methoxy groups -OCH3 is 1. The SMILES string of the molecule is CCNC(=NCc1cccc(OC)n1)NCCN1CCCCC1CC.I. The van der Waals surface area contributed by atoms with Crippen LogP contribution in [0, 0.1) is 0 Å². The Labute approximate surface area is 175 Å². The molecule has 0 spiro atoms. The van der Waals surface area contributed by atoms with E-state index in [1.165, 1.54) is 32.2 Å². The topological polar surface area (TPSA) is 61.8 Å².